The molecule has 2 nitrogen and oxygen atoms in total. The van der Waals surface area contributed by atoms with Crippen LogP contribution in [-0.4, -0.2) is 11.0 Å². The summed E-state index contributed by atoms with van der Waals surface area (Å²) >= 11 is 2.93. The summed E-state index contributed by atoms with van der Waals surface area (Å²) in [5.74, 6) is 0. The molecule has 0 heterocycles. The van der Waals surface area contributed by atoms with Crippen LogP contribution in [0, 0.1) is 0 Å². The lowest BCUT2D eigenvalue weighted by molar-refractivity contribution is -0.110. The maximum absolute atomic E-state index is 10.6. The van der Waals surface area contributed by atoms with Gasteiger partial charge in [0.2, 0.25) is 0 Å². The lowest BCUT2D eigenvalue weighted by atomic mass is 10.1. The van der Waals surface area contributed by atoms with Gasteiger partial charge < -0.3 is 4.79 Å². The van der Waals surface area contributed by atoms with Crippen LogP contribution < -0.4 is 0 Å². The van der Waals surface area contributed by atoms with E-state index in [2.05, 4.69) is 15.9 Å². The molecule has 0 amide bonds. The number of aldehydes is 1. The van der Waals surface area contributed by atoms with E-state index in [0.29, 0.717) is 12.8 Å². The van der Waals surface area contributed by atoms with E-state index in [9.17, 15) is 9.59 Å². The van der Waals surface area contributed by atoms with E-state index in [1.54, 1.807) is 0 Å². The summed E-state index contributed by atoms with van der Waals surface area (Å²) in [6.07, 6.45) is 11.8. The Balaban J connectivity index is 2.92. The Hall–Kier alpha value is -0.180. The Morgan fingerprint density at radius 3 is 1.80 bits per heavy atom. The van der Waals surface area contributed by atoms with Crippen molar-refractivity contribution in [1.82, 2.24) is 0 Å². The van der Waals surface area contributed by atoms with Crippen molar-refractivity contribution in [1.29, 1.82) is 0 Å². The van der Waals surface area contributed by atoms with Gasteiger partial charge in [0.1, 0.15) is 6.29 Å². The predicted molar refractivity (Wildman–Crippen MR) is 66.2 cm³/mol. The van der Waals surface area contributed by atoms with E-state index in [-0.39, 0.29) is 4.69 Å². The van der Waals surface area contributed by atoms with Crippen LogP contribution in [0.2, 0.25) is 0 Å². The molecule has 0 unspecified atom stereocenters. The second-order valence-electron chi connectivity index (χ2n) is 3.89. The number of halogens is 1. The maximum Gasteiger partial charge on any atom is 0.197 e. The standard InChI is InChI=1S/C12H21BrO2/c13-12(15)10-8-6-4-2-1-3-5-7-9-11-14/h11H,1-10H2. The number of hydrogen-bond donors (Lipinski definition) is 0. The van der Waals surface area contributed by atoms with Gasteiger partial charge >= 0.3 is 0 Å². The molecular weight excluding hydrogens is 256 g/mol. The van der Waals surface area contributed by atoms with Gasteiger partial charge in [0.15, 0.2) is 4.69 Å². The zero-order valence-electron chi connectivity index (χ0n) is 9.34. The van der Waals surface area contributed by atoms with E-state index in [1.807, 2.05) is 0 Å². The van der Waals surface area contributed by atoms with E-state index in [1.165, 1.54) is 32.1 Å². The Kier molecular flexibility index (Phi) is 11.7. The topological polar surface area (TPSA) is 34.1 Å². The van der Waals surface area contributed by atoms with E-state index < -0.39 is 0 Å². The molecule has 0 rings (SSSR count). The van der Waals surface area contributed by atoms with Gasteiger partial charge in [-0.05, 0) is 28.8 Å². The molecule has 15 heavy (non-hydrogen) atoms. The number of carbonyl (C=O) groups is 2. The van der Waals surface area contributed by atoms with Crippen LogP contribution in [0.5, 0.6) is 0 Å². The van der Waals surface area contributed by atoms with Crippen LogP contribution in [0.15, 0.2) is 0 Å². The summed E-state index contributed by atoms with van der Waals surface area (Å²) in [7, 11) is 0. The third-order valence-corrected chi connectivity index (χ3v) is 2.84. The highest BCUT2D eigenvalue weighted by atomic mass is 79.9. The Morgan fingerprint density at radius 2 is 1.33 bits per heavy atom. The number of hydrogen-bond acceptors (Lipinski definition) is 2. The molecule has 0 aliphatic rings. The SMILES string of the molecule is O=CCCCCCCCCCCC(=O)Br. The molecule has 88 valence electrons. The first-order valence-corrected chi connectivity index (χ1v) is 6.68. The highest BCUT2D eigenvalue weighted by Crippen LogP contribution is 2.10. The summed E-state index contributed by atoms with van der Waals surface area (Å²) in [4.78, 5) is 20.6. The second kappa shape index (κ2) is 11.9. The lowest BCUT2D eigenvalue weighted by Crippen LogP contribution is -1.86. The molecule has 0 aromatic heterocycles. The smallest absolute Gasteiger partial charge is 0.197 e. The summed E-state index contributed by atoms with van der Waals surface area (Å²) in [6, 6.07) is 0. The first-order chi connectivity index (χ1) is 7.27. The van der Waals surface area contributed by atoms with Crippen LogP contribution in [0.3, 0.4) is 0 Å². The monoisotopic (exact) mass is 276 g/mol. The molecule has 0 radical (unpaired) electrons. The zero-order chi connectivity index (χ0) is 11.4. The van der Waals surface area contributed by atoms with E-state index in [4.69, 9.17) is 0 Å². The Morgan fingerprint density at radius 1 is 0.867 bits per heavy atom. The Labute approximate surface area is 101 Å². The number of rotatable bonds is 11. The molecule has 0 N–H and O–H groups in total. The summed E-state index contributed by atoms with van der Waals surface area (Å²) in [5, 5.41) is 0. The zero-order valence-corrected chi connectivity index (χ0v) is 10.9. The lowest BCUT2D eigenvalue weighted by Gasteiger charge is -2.00. The van der Waals surface area contributed by atoms with Crippen molar-refractivity contribution in [2.45, 2.75) is 64.2 Å². The molecule has 3 heteroatoms. The molecule has 0 saturated carbocycles. The minimum Gasteiger partial charge on any atom is -0.303 e. The molecule has 0 atom stereocenters. The molecular formula is C12H21BrO2. The highest BCUT2D eigenvalue weighted by molar-refractivity contribution is 9.18. The summed E-state index contributed by atoms with van der Waals surface area (Å²) in [6.45, 7) is 0. The van der Waals surface area contributed by atoms with Crippen LogP contribution in [0.4, 0.5) is 0 Å². The van der Waals surface area contributed by atoms with Crippen molar-refractivity contribution in [2.24, 2.45) is 0 Å². The fourth-order valence-electron chi connectivity index (χ4n) is 1.55. The van der Waals surface area contributed by atoms with E-state index in [0.717, 1.165) is 25.5 Å². The molecule has 0 fully saturated rings. The molecule has 0 aliphatic carbocycles. The van der Waals surface area contributed by atoms with Gasteiger partial charge in [0.25, 0.3) is 0 Å². The van der Waals surface area contributed by atoms with Crippen molar-refractivity contribution in [3.05, 3.63) is 0 Å². The molecule has 0 aliphatic heterocycles. The third kappa shape index (κ3) is 13.8. The van der Waals surface area contributed by atoms with Crippen molar-refractivity contribution in [3.8, 4) is 0 Å². The summed E-state index contributed by atoms with van der Waals surface area (Å²) < 4.78 is 0.122. The molecule has 0 spiro atoms. The quantitative estimate of drug-likeness (QED) is 0.325. The van der Waals surface area contributed by atoms with Crippen LogP contribution in [0.25, 0.3) is 0 Å². The first kappa shape index (κ1) is 14.8. The number of unbranched alkanes of at least 4 members (excludes halogenated alkanes) is 8. The van der Waals surface area contributed by atoms with Crippen molar-refractivity contribution in [2.75, 3.05) is 0 Å². The molecule has 0 saturated heterocycles. The fourth-order valence-corrected chi connectivity index (χ4v) is 1.83. The normalized spacial score (nSPS) is 10.2. The van der Waals surface area contributed by atoms with Gasteiger partial charge in [-0.2, -0.15) is 0 Å². The molecule has 0 aromatic rings. The maximum atomic E-state index is 10.6. The van der Waals surface area contributed by atoms with Crippen LogP contribution >= 0.6 is 15.9 Å². The highest BCUT2D eigenvalue weighted by Gasteiger charge is 1.95. The Bertz CT molecular complexity index is 169. The first-order valence-electron chi connectivity index (χ1n) is 5.89. The number of carbonyl (C=O) groups excluding carboxylic acids is 2. The molecule has 0 bridgehead atoms. The predicted octanol–water partition coefficient (Wildman–Crippen LogP) is 4.01. The van der Waals surface area contributed by atoms with Gasteiger partial charge in [-0.3, -0.25) is 4.79 Å². The average molecular weight is 277 g/mol. The summed E-state index contributed by atoms with van der Waals surface area (Å²) in [5.41, 5.74) is 0. The van der Waals surface area contributed by atoms with Crippen molar-refractivity contribution >= 4 is 26.9 Å². The fraction of sp³-hybridized carbons (Fsp3) is 0.833. The van der Waals surface area contributed by atoms with Crippen LogP contribution in [0.1, 0.15) is 64.2 Å². The van der Waals surface area contributed by atoms with Gasteiger partial charge in [0.05, 0.1) is 0 Å². The average Bonchev–Trinajstić information content (AvgIpc) is 2.20. The second-order valence-corrected chi connectivity index (χ2v) is 4.77. The van der Waals surface area contributed by atoms with Gasteiger partial charge in [0, 0.05) is 12.8 Å². The van der Waals surface area contributed by atoms with E-state index >= 15 is 0 Å². The third-order valence-electron chi connectivity index (χ3n) is 2.45. The van der Waals surface area contributed by atoms with Gasteiger partial charge in [-0.15, -0.1) is 0 Å². The molecule has 0 aromatic carbocycles. The minimum absolute atomic E-state index is 0.122. The van der Waals surface area contributed by atoms with Gasteiger partial charge in [-0.25, -0.2) is 0 Å². The van der Waals surface area contributed by atoms with Gasteiger partial charge in [-0.1, -0.05) is 38.5 Å². The van der Waals surface area contributed by atoms with Crippen molar-refractivity contribution in [3.63, 3.8) is 0 Å². The minimum atomic E-state index is 0.122. The van der Waals surface area contributed by atoms with Crippen LogP contribution in [-0.2, 0) is 9.59 Å². The largest absolute Gasteiger partial charge is 0.303 e. The van der Waals surface area contributed by atoms with Crippen molar-refractivity contribution < 1.29 is 9.59 Å².